The number of carbonyl (C=O) groups excluding carboxylic acids is 2. The van der Waals surface area contributed by atoms with Crippen LogP contribution in [0.1, 0.15) is 13.3 Å². The molecule has 0 N–H and O–H groups in total. The molecule has 0 fully saturated rings. The van der Waals surface area contributed by atoms with E-state index in [1.807, 2.05) is 42.2 Å². The van der Waals surface area contributed by atoms with Crippen molar-refractivity contribution < 1.29 is 14.3 Å². The van der Waals surface area contributed by atoms with Gasteiger partial charge in [0.1, 0.15) is 12.2 Å². The van der Waals surface area contributed by atoms with Gasteiger partial charge in [-0.25, -0.2) is 0 Å². The van der Waals surface area contributed by atoms with Crippen LogP contribution in [0.25, 0.3) is 10.8 Å². The monoisotopic (exact) mass is 322 g/mol. The number of benzene rings is 2. The molecule has 122 valence electrons. The first-order chi connectivity index (χ1) is 11.7. The topological polar surface area (TPSA) is 49.9 Å². The quantitative estimate of drug-likeness (QED) is 0.815. The summed E-state index contributed by atoms with van der Waals surface area (Å²) in [5.74, 6) is -0.0550. The maximum absolute atomic E-state index is 12.5. The number of ether oxygens (including phenoxy) is 1. The highest BCUT2D eigenvalue weighted by Crippen LogP contribution is 2.33. The van der Waals surface area contributed by atoms with E-state index in [0.29, 0.717) is 19.1 Å². The highest BCUT2D eigenvalue weighted by molar-refractivity contribution is 6.22. The molecule has 2 aromatic carbocycles. The average molecular weight is 322 g/mol. The molecule has 4 rings (SSSR count). The van der Waals surface area contributed by atoms with E-state index in [-0.39, 0.29) is 23.9 Å². The fourth-order valence-corrected chi connectivity index (χ4v) is 3.26. The molecule has 0 atom stereocenters. The van der Waals surface area contributed by atoms with Gasteiger partial charge in [0.05, 0.1) is 0 Å². The fraction of sp³-hybridized carbons (Fsp3) is 0.263. The van der Waals surface area contributed by atoms with Crippen molar-refractivity contribution in [3.05, 3.63) is 53.9 Å². The molecule has 2 aliphatic rings. The smallest absolute Gasteiger partial charge is 0.264 e. The third-order valence-electron chi connectivity index (χ3n) is 4.43. The first-order valence-corrected chi connectivity index (χ1v) is 8.15. The number of Topliss-reactive ketones (excluding diaryl/α,β-unsaturated/α-hetero) is 1. The summed E-state index contributed by atoms with van der Waals surface area (Å²) in [5, 5.41) is 2.26. The number of amides is 1. The number of fused-ring (bicyclic) bond motifs is 1. The van der Waals surface area contributed by atoms with Crippen molar-refractivity contribution in [1.82, 2.24) is 4.90 Å². The van der Waals surface area contributed by atoms with Crippen LogP contribution >= 0.6 is 0 Å². The zero-order valence-electron chi connectivity index (χ0n) is 13.5. The summed E-state index contributed by atoms with van der Waals surface area (Å²) >= 11 is 0. The van der Waals surface area contributed by atoms with Crippen LogP contribution in [0.2, 0.25) is 0 Å². The van der Waals surface area contributed by atoms with Gasteiger partial charge in [0.15, 0.2) is 6.61 Å². The Labute approximate surface area is 140 Å². The number of hydrogen-bond donors (Lipinski definition) is 0. The molecular formula is C19H18N2O3. The Morgan fingerprint density at radius 1 is 1.08 bits per heavy atom. The summed E-state index contributed by atoms with van der Waals surface area (Å²) in [6, 6.07) is 14.2. The van der Waals surface area contributed by atoms with Gasteiger partial charge in [-0.15, -0.1) is 0 Å². The summed E-state index contributed by atoms with van der Waals surface area (Å²) in [6.07, 6.45) is 0.842. The van der Waals surface area contributed by atoms with Gasteiger partial charge in [0.2, 0.25) is 11.7 Å². The molecule has 0 spiro atoms. The van der Waals surface area contributed by atoms with Gasteiger partial charge >= 0.3 is 0 Å². The number of rotatable bonds is 3. The molecule has 5 nitrogen and oxygen atoms in total. The Balaban J connectivity index is 1.81. The van der Waals surface area contributed by atoms with Gasteiger partial charge in [-0.2, -0.15) is 0 Å². The maximum atomic E-state index is 12.5. The molecule has 0 aromatic heterocycles. The second kappa shape index (κ2) is 5.67. The Morgan fingerprint density at radius 2 is 1.88 bits per heavy atom. The molecule has 1 amide bonds. The predicted molar refractivity (Wildman–Crippen MR) is 91.3 cm³/mol. The van der Waals surface area contributed by atoms with Crippen molar-refractivity contribution in [2.75, 3.05) is 24.7 Å². The van der Waals surface area contributed by atoms with E-state index in [2.05, 4.69) is 12.1 Å². The van der Waals surface area contributed by atoms with Crippen molar-refractivity contribution in [3.8, 4) is 0 Å². The molecule has 5 heteroatoms. The molecule has 0 aliphatic carbocycles. The summed E-state index contributed by atoms with van der Waals surface area (Å²) in [7, 11) is 0. The fourth-order valence-electron chi connectivity index (χ4n) is 3.26. The predicted octanol–water partition coefficient (Wildman–Crippen LogP) is 2.67. The second-order valence-corrected chi connectivity index (χ2v) is 6.06. The third-order valence-corrected chi connectivity index (χ3v) is 4.43. The van der Waals surface area contributed by atoms with E-state index in [9.17, 15) is 9.59 Å². The van der Waals surface area contributed by atoms with Crippen LogP contribution in [-0.2, 0) is 14.3 Å². The van der Waals surface area contributed by atoms with Gasteiger partial charge in [-0.1, -0.05) is 37.3 Å². The maximum Gasteiger partial charge on any atom is 0.264 e. The van der Waals surface area contributed by atoms with E-state index in [4.69, 9.17) is 4.74 Å². The highest BCUT2D eigenvalue weighted by Gasteiger charge is 2.41. The van der Waals surface area contributed by atoms with Crippen LogP contribution in [0.4, 0.5) is 5.69 Å². The number of ketones is 1. The molecule has 2 aliphatic heterocycles. The van der Waals surface area contributed by atoms with E-state index < -0.39 is 0 Å². The lowest BCUT2D eigenvalue weighted by Gasteiger charge is -2.36. The highest BCUT2D eigenvalue weighted by atomic mass is 16.5. The lowest BCUT2D eigenvalue weighted by atomic mass is 10.1. The molecule has 24 heavy (non-hydrogen) atoms. The molecule has 2 aromatic rings. The van der Waals surface area contributed by atoms with Gasteiger partial charge < -0.3 is 9.64 Å². The van der Waals surface area contributed by atoms with Crippen LogP contribution in [0.3, 0.4) is 0 Å². The normalized spacial score (nSPS) is 17.5. The largest absolute Gasteiger partial charge is 0.470 e. The minimum atomic E-state index is -0.235. The molecule has 2 heterocycles. The van der Waals surface area contributed by atoms with E-state index in [1.54, 1.807) is 4.90 Å². The van der Waals surface area contributed by atoms with Crippen molar-refractivity contribution in [2.24, 2.45) is 0 Å². The van der Waals surface area contributed by atoms with Crippen molar-refractivity contribution in [3.63, 3.8) is 0 Å². The first-order valence-electron chi connectivity index (χ1n) is 8.15. The van der Waals surface area contributed by atoms with Crippen LogP contribution in [-0.4, -0.2) is 36.4 Å². The number of hydrogen-bond acceptors (Lipinski definition) is 4. The van der Waals surface area contributed by atoms with Crippen LogP contribution in [0, 0.1) is 0 Å². The molecule has 0 radical (unpaired) electrons. The number of nitrogens with zero attached hydrogens (tertiary/aromatic N) is 2. The molecule has 0 bridgehead atoms. The van der Waals surface area contributed by atoms with Gasteiger partial charge in [0, 0.05) is 12.2 Å². The van der Waals surface area contributed by atoms with Crippen LogP contribution in [0.15, 0.2) is 53.9 Å². The summed E-state index contributed by atoms with van der Waals surface area (Å²) in [4.78, 5) is 28.3. The first kappa shape index (κ1) is 14.8. The van der Waals surface area contributed by atoms with Gasteiger partial charge in [-0.3, -0.25) is 14.5 Å². The van der Waals surface area contributed by atoms with Crippen LogP contribution < -0.4 is 4.90 Å². The van der Waals surface area contributed by atoms with Crippen molar-refractivity contribution in [2.45, 2.75) is 13.3 Å². The Kier molecular flexibility index (Phi) is 3.49. The molecule has 0 saturated carbocycles. The Hall–Kier alpha value is -2.82. The summed E-state index contributed by atoms with van der Waals surface area (Å²) < 4.78 is 5.55. The molecule has 0 unspecified atom stereocenters. The SMILES string of the molecule is CCCN1CN(c2ccc3ccccc3c2)C2=C(C(=O)CO2)C1=O. The van der Waals surface area contributed by atoms with E-state index in [0.717, 1.165) is 22.9 Å². The Morgan fingerprint density at radius 3 is 2.67 bits per heavy atom. The van der Waals surface area contributed by atoms with Gasteiger partial charge in [-0.05, 0) is 29.3 Å². The molecule has 0 saturated heterocycles. The minimum Gasteiger partial charge on any atom is -0.470 e. The minimum absolute atomic E-state index is 0.0551. The lowest BCUT2D eigenvalue weighted by Crippen LogP contribution is -2.47. The number of anilines is 1. The van der Waals surface area contributed by atoms with E-state index >= 15 is 0 Å². The lowest BCUT2D eigenvalue weighted by molar-refractivity contribution is -0.129. The second-order valence-electron chi connectivity index (χ2n) is 6.06. The Bertz CT molecular complexity index is 872. The zero-order chi connectivity index (χ0) is 16.7. The van der Waals surface area contributed by atoms with Crippen LogP contribution in [0.5, 0.6) is 0 Å². The zero-order valence-corrected chi connectivity index (χ0v) is 13.5. The standard InChI is InChI=1S/C19H18N2O3/c1-2-9-20-12-21(19-17(18(20)23)16(22)11-24-19)15-8-7-13-5-3-4-6-14(13)10-15/h3-8,10H,2,9,11-12H2,1H3. The van der Waals surface area contributed by atoms with E-state index in [1.165, 1.54) is 0 Å². The average Bonchev–Trinajstić information content (AvgIpc) is 2.99. The van der Waals surface area contributed by atoms with Crippen molar-refractivity contribution in [1.29, 1.82) is 0 Å². The van der Waals surface area contributed by atoms with Gasteiger partial charge in [0.25, 0.3) is 5.91 Å². The molecular weight excluding hydrogens is 304 g/mol. The number of carbonyl (C=O) groups is 2. The van der Waals surface area contributed by atoms with Crippen molar-refractivity contribution >= 4 is 28.2 Å². The summed E-state index contributed by atoms with van der Waals surface area (Å²) in [6.45, 7) is 2.98. The summed E-state index contributed by atoms with van der Waals surface area (Å²) in [5.41, 5.74) is 1.10. The third kappa shape index (κ3) is 2.24.